The van der Waals surface area contributed by atoms with Gasteiger partial charge in [0.05, 0.1) is 18.6 Å². The molecule has 0 aliphatic rings. The number of methoxy groups -OCH3 is 1. The predicted molar refractivity (Wildman–Crippen MR) is 90.1 cm³/mol. The third kappa shape index (κ3) is 4.32. The minimum absolute atomic E-state index is 0.164. The molecule has 6 heteroatoms. The largest absolute Gasteiger partial charge is 0.493 e. The van der Waals surface area contributed by atoms with Gasteiger partial charge in [-0.3, -0.25) is 0 Å². The van der Waals surface area contributed by atoms with Gasteiger partial charge in [0.15, 0.2) is 11.5 Å². The average Bonchev–Trinajstić information content (AvgIpc) is 2.54. The SMILES string of the molecule is CCOc1ccc(/C=N\S(=O)(=O)c2ccc(C)cc2)cc1OC. The molecule has 0 saturated carbocycles. The Morgan fingerprint density at radius 3 is 2.39 bits per heavy atom. The molecule has 0 bridgehead atoms. The molecule has 2 aromatic carbocycles. The Kier molecular flexibility index (Phi) is 5.39. The van der Waals surface area contributed by atoms with E-state index in [1.807, 2.05) is 13.8 Å². The molecule has 2 aromatic rings. The van der Waals surface area contributed by atoms with Crippen molar-refractivity contribution in [1.82, 2.24) is 0 Å². The van der Waals surface area contributed by atoms with Crippen LogP contribution in [0.4, 0.5) is 0 Å². The van der Waals surface area contributed by atoms with Gasteiger partial charge in [0, 0.05) is 6.21 Å². The monoisotopic (exact) mass is 333 g/mol. The summed E-state index contributed by atoms with van der Waals surface area (Å²) in [6, 6.07) is 11.7. The van der Waals surface area contributed by atoms with Crippen molar-refractivity contribution < 1.29 is 17.9 Å². The van der Waals surface area contributed by atoms with Crippen molar-refractivity contribution in [2.45, 2.75) is 18.7 Å². The molecule has 0 saturated heterocycles. The van der Waals surface area contributed by atoms with Crippen LogP contribution in [-0.4, -0.2) is 28.3 Å². The summed E-state index contributed by atoms with van der Waals surface area (Å²) in [5.74, 6) is 1.14. The first-order valence-electron chi connectivity index (χ1n) is 7.14. The van der Waals surface area contributed by atoms with E-state index in [9.17, 15) is 8.42 Å². The summed E-state index contributed by atoms with van der Waals surface area (Å²) >= 11 is 0. The molecule has 0 unspecified atom stereocenters. The summed E-state index contributed by atoms with van der Waals surface area (Å²) in [6.45, 7) is 4.29. The van der Waals surface area contributed by atoms with E-state index >= 15 is 0 Å². The number of sulfonamides is 1. The van der Waals surface area contributed by atoms with E-state index in [0.717, 1.165) is 5.56 Å². The van der Waals surface area contributed by atoms with Gasteiger partial charge in [-0.2, -0.15) is 12.8 Å². The van der Waals surface area contributed by atoms with Crippen molar-refractivity contribution in [3.8, 4) is 11.5 Å². The summed E-state index contributed by atoms with van der Waals surface area (Å²) in [7, 11) is -2.19. The predicted octanol–water partition coefficient (Wildman–Crippen LogP) is 3.21. The Morgan fingerprint density at radius 2 is 1.78 bits per heavy atom. The summed E-state index contributed by atoms with van der Waals surface area (Å²) < 4.78 is 38.8. The van der Waals surface area contributed by atoms with Crippen molar-refractivity contribution in [3.05, 3.63) is 53.6 Å². The van der Waals surface area contributed by atoms with Crippen LogP contribution in [0.1, 0.15) is 18.1 Å². The number of aryl methyl sites for hydroxylation is 1. The second kappa shape index (κ2) is 7.28. The molecule has 0 aliphatic carbocycles. The van der Waals surface area contributed by atoms with Crippen LogP contribution in [0.25, 0.3) is 0 Å². The van der Waals surface area contributed by atoms with E-state index in [4.69, 9.17) is 9.47 Å². The maximum absolute atomic E-state index is 12.2. The second-order valence-corrected chi connectivity index (χ2v) is 6.50. The number of hydrogen-bond acceptors (Lipinski definition) is 4. The molecular formula is C17H19NO4S. The Bertz CT molecular complexity index is 796. The second-order valence-electron chi connectivity index (χ2n) is 4.87. The minimum Gasteiger partial charge on any atom is -0.493 e. The normalized spacial score (nSPS) is 11.6. The quantitative estimate of drug-likeness (QED) is 0.762. The fourth-order valence-electron chi connectivity index (χ4n) is 1.94. The molecule has 0 N–H and O–H groups in total. The number of ether oxygens (including phenoxy) is 2. The average molecular weight is 333 g/mol. The van der Waals surface area contributed by atoms with Crippen LogP contribution >= 0.6 is 0 Å². The zero-order valence-electron chi connectivity index (χ0n) is 13.3. The molecule has 0 heterocycles. The van der Waals surface area contributed by atoms with E-state index in [2.05, 4.69) is 4.40 Å². The van der Waals surface area contributed by atoms with E-state index in [1.54, 1.807) is 42.5 Å². The van der Waals surface area contributed by atoms with Gasteiger partial charge in [0.1, 0.15) is 0 Å². The highest BCUT2D eigenvalue weighted by Crippen LogP contribution is 2.27. The maximum Gasteiger partial charge on any atom is 0.282 e. The van der Waals surface area contributed by atoms with E-state index in [0.29, 0.717) is 23.7 Å². The van der Waals surface area contributed by atoms with Gasteiger partial charge < -0.3 is 9.47 Å². The van der Waals surface area contributed by atoms with E-state index in [1.165, 1.54) is 13.3 Å². The van der Waals surface area contributed by atoms with Crippen molar-refractivity contribution in [1.29, 1.82) is 0 Å². The number of benzene rings is 2. The third-order valence-corrected chi connectivity index (χ3v) is 4.40. The molecule has 0 atom stereocenters. The lowest BCUT2D eigenvalue weighted by atomic mass is 10.2. The van der Waals surface area contributed by atoms with E-state index in [-0.39, 0.29) is 4.90 Å². The first-order chi connectivity index (χ1) is 11.0. The molecule has 2 rings (SSSR count). The van der Waals surface area contributed by atoms with Crippen LogP contribution in [0.2, 0.25) is 0 Å². The van der Waals surface area contributed by atoms with Crippen LogP contribution in [0, 0.1) is 6.92 Å². The minimum atomic E-state index is -3.72. The van der Waals surface area contributed by atoms with Gasteiger partial charge in [0.2, 0.25) is 0 Å². The summed E-state index contributed by atoms with van der Waals surface area (Å²) in [6.07, 6.45) is 1.30. The van der Waals surface area contributed by atoms with Crippen LogP contribution < -0.4 is 9.47 Å². The topological polar surface area (TPSA) is 65.0 Å². The molecule has 0 spiro atoms. The van der Waals surface area contributed by atoms with Gasteiger partial charge in [-0.25, -0.2) is 0 Å². The Balaban J connectivity index is 2.27. The highest BCUT2D eigenvalue weighted by Gasteiger charge is 2.11. The lowest BCUT2D eigenvalue weighted by Crippen LogP contribution is -1.99. The molecule has 5 nitrogen and oxygen atoms in total. The van der Waals surface area contributed by atoms with Crippen molar-refractivity contribution >= 4 is 16.2 Å². The molecular weight excluding hydrogens is 314 g/mol. The zero-order chi connectivity index (χ0) is 16.9. The lowest BCUT2D eigenvalue weighted by molar-refractivity contribution is 0.311. The Hall–Kier alpha value is -2.34. The highest BCUT2D eigenvalue weighted by molar-refractivity contribution is 7.90. The first-order valence-corrected chi connectivity index (χ1v) is 8.58. The van der Waals surface area contributed by atoms with Gasteiger partial charge in [-0.1, -0.05) is 17.7 Å². The molecule has 122 valence electrons. The first kappa shape index (κ1) is 17.0. The van der Waals surface area contributed by atoms with Gasteiger partial charge in [-0.05, 0) is 49.7 Å². The molecule has 23 heavy (non-hydrogen) atoms. The standard InChI is InChI=1S/C17H19NO4S/c1-4-22-16-10-7-14(11-17(16)21-3)12-18-23(19,20)15-8-5-13(2)6-9-15/h5-12H,4H2,1-3H3/b18-12-. The molecule has 0 aromatic heterocycles. The fraction of sp³-hybridized carbons (Fsp3) is 0.235. The smallest absolute Gasteiger partial charge is 0.282 e. The van der Waals surface area contributed by atoms with Gasteiger partial charge in [0.25, 0.3) is 10.0 Å². The number of nitrogens with zero attached hydrogens (tertiary/aromatic N) is 1. The Labute approximate surface area is 136 Å². The maximum atomic E-state index is 12.2. The fourth-order valence-corrected chi connectivity index (χ4v) is 2.80. The van der Waals surface area contributed by atoms with Crippen LogP contribution in [0.3, 0.4) is 0 Å². The van der Waals surface area contributed by atoms with Crippen LogP contribution in [0.5, 0.6) is 11.5 Å². The van der Waals surface area contributed by atoms with Crippen molar-refractivity contribution in [2.75, 3.05) is 13.7 Å². The van der Waals surface area contributed by atoms with Gasteiger partial charge in [-0.15, -0.1) is 0 Å². The van der Waals surface area contributed by atoms with Crippen LogP contribution in [-0.2, 0) is 10.0 Å². The third-order valence-electron chi connectivity index (χ3n) is 3.15. The molecule has 0 radical (unpaired) electrons. The van der Waals surface area contributed by atoms with E-state index < -0.39 is 10.0 Å². The number of rotatable bonds is 6. The zero-order valence-corrected chi connectivity index (χ0v) is 14.1. The summed E-state index contributed by atoms with van der Waals surface area (Å²) in [4.78, 5) is 0.164. The highest BCUT2D eigenvalue weighted by atomic mass is 32.2. The summed E-state index contributed by atoms with van der Waals surface area (Å²) in [5, 5.41) is 0. The van der Waals surface area contributed by atoms with Crippen LogP contribution in [0.15, 0.2) is 51.8 Å². The number of hydrogen-bond donors (Lipinski definition) is 0. The molecule has 0 aliphatic heterocycles. The van der Waals surface area contributed by atoms with Crippen molar-refractivity contribution in [2.24, 2.45) is 4.40 Å². The van der Waals surface area contributed by atoms with Gasteiger partial charge >= 0.3 is 0 Å². The summed E-state index contributed by atoms with van der Waals surface area (Å²) in [5.41, 5.74) is 1.60. The lowest BCUT2D eigenvalue weighted by Gasteiger charge is -2.09. The van der Waals surface area contributed by atoms with Crippen molar-refractivity contribution in [3.63, 3.8) is 0 Å². The Morgan fingerprint density at radius 1 is 1.09 bits per heavy atom. The molecule has 0 amide bonds. The molecule has 0 fully saturated rings.